The first-order valence-electron chi connectivity index (χ1n) is 23.3. The lowest BCUT2D eigenvalue weighted by Crippen LogP contribution is -2.16. The molecule has 7 aromatic carbocycles. The van der Waals surface area contributed by atoms with Crippen molar-refractivity contribution < 1.29 is 0 Å². The third kappa shape index (κ3) is 7.69. The Labute approximate surface area is 365 Å². The summed E-state index contributed by atoms with van der Waals surface area (Å²) in [5, 5.41) is 7.90. The summed E-state index contributed by atoms with van der Waals surface area (Å²) in [5.41, 5.74) is 15.1. The van der Waals surface area contributed by atoms with Crippen LogP contribution in [0.5, 0.6) is 0 Å². The molecule has 0 spiro atoms. The van der Waals surface area contributed by atoms with Crippen molar-refractivity contribution in [2.45, 2.75) is 124 Å². The van der Waals surface area contributed by atoms with E-state index in [1.165, 1.54) is 140 Å². The SMILES string of the molecule is C=C(/C=C\C(C)=C/C)N(c1ccc(C2CCCC2)cc1)c1cc(C(C)C)c2ccc3c(N(c4ccc(C)cc4)c4ccc(C5CCCC5)cc4)cc(C(C)C)c4ccc1c2c43. The maximum atomic E-state index is 4.78. The van der Waals surface area contributed by atoms with Crippen LogP contribution < -0.4 is 9.80 Å². The van der Waals surface area contributed by atoms with Gasteiger partial charge in [-0.1, -0.05) is 144 Å². The monoisotopic (exact) mass is 801 g/mol. The van der Waals surface area contributed by atoms with Crippen molar-refractivity contribution in [1.29, 1.82) is 0 Å². The van der Waals surface area contributed by atoms with E-state index in [9.17, 15) is 0 Å². The zero-order chi connectivity index (χ0) is 42.4. The Morgan fingerprint density at radius 3 is 1.46 bits per heavy atom. The molecule has 0 heterocycles. The highest BCUT2D eigenvalue weighted by Gasteiger charge is 2.27. The highest BCUT2D eigenvalue weighted by molar-refractivity contribution is 6.29. The van der Waals surface area contributed by atoms with E-state index in [0.29, 0.717) is 23.7 Å². The topological polar surface area (TPSA) is 6.48 Å². The van der Waals surface area contributed by atoms with Gasteiger partial charge in [0.25, 0.3) is 0 Å². The molecule has 0 N–H and O–H groups in total. The highest BCUT2D eigenvalue weighted by Crippen LogP contribution is 2.51. The minimum absolute atomic E-state index is 0.315. The second-order valence-electron chi connectivity index (χ2n) is 18.9. The molecule has 61 heavy (non-hydrogen) atoms. The van der Waals surface area contributed by atoms with E-state index in [2.05, 4.69) is 186 Å². The largest absolute Gasteiger partial charge is 0.310 e. The quantitative estimate of drug-likeness (QED) is 0.0897. The van der Waals surface area contributed by atoms with Crippen LogP contribution in [0, 0.1) is 6.92 Å². The van der Waals surface area contributed by atoms with Crippen LogP contribution in [0.4, 0.5) is 28.4 Å². The molecule has 0 aliphatic heterocycles. The van der Waals surface area contributed by atoms with Crippen LogP contribution in [0.3, 0.4) is 0 Å². The fourth-order valence-electron chi connectivity index (χ4n) is 10.6. The van der Waals surface area contributed by atoms with E-state index in [1.807, 2.05) is 0 Å². The third-order valence-corrected chi connectivity index (χ3v) is 14.2. The number of anilines is 5. The number of allylic oxidation sites excluding steroid dienone is 4. The standard InChI is InChI=1S/C59H64N2/c1-9-40(6)18-21-42(8)60(47-28-22-45(23-29-47)43-14-10-11-15-43)56-36-54(38(2)3)50-33-35-53-57(37-55(39(4)5)51-32-34-52(56)58(50)59(51)53)61(48-26-19-41(7)20-27-48)49-30-24-46(25-31-49)44-16-12-13-17-44/h9,18-39,43-44H,8,10-17H2,1-7H3/b21-18-,40-9-. The minimum Gasteiger partial charge on any atom is -0.310 e. The van der Waals surface area contributed by atoms with Gasteiger partial charge in [-0.05, 0) is 169 Å². The molecule has 0 saturated heterocycles. The van der Waals surface area contributed by atoms with Gasteiger partial charge in [0, 0.05) is 33.5 Å². The Kier molecular flexibility index (Phi) is 11.4. The van der Waals surface area contributed by atoms with E-state index in [4.69, 9.17) is 6.58 Å². The van der Waals surface area contributed by atoms with Gasteiger partial charge >= 0.3 is 0 Å². The number of hydrogen-bond acceptors (Lipinski definition) is 2. The van der Waals surface area contributed by atoms with Crippen molar-refractivity contribution in [3.05, 3.63) is 173 Å². The van der Waals surface area contributed by atoms with E-state index in [-0.39, 0.29) is 0 Å². The summed E-state index contributed by atoms with van der Waals surface area (Å²) >= 11 is 0. The molecule has 2 nitrogen and oxygen atoms in total. The zero-order valence-electron chi connectivity index (χ0n) is 37.7. The molecule has 0 atom stereocenters. The van der Waals surface area contributed by atoms with Gasteiger partial charge in [0.05, 0.1) is 11.4 Å². The van der Waals surface area contributed by atoms with Gasteiger partial charge in [0.15, 0.2) is 0 Å². The fraction of sp³-hybridized carbons (Fsp3) is 0.322. The van der Waals surface area contributed by atoms with E-state index < -0.39 is 0 Å². The van der Waals surface area contributed by atoms with Gasteiger partial charge in [0.1, 0.15) is 0 Å². The van der Waals surface area contributed by atoms with Crippen molar-refractivity contribution in [2.24, 2.45) is 0 Å². The highest BCUT2D eigenvalue weighted by atomic mass is 15.2. The van der Waals surface area contributed by atoms with Crippen molar-refractivity contribution in [3.63, 3.8) is 0 Å². The molecule has 2 saturated carbocycles. The Morgan fingerprint density at radius 1 is 0.557 bits per heavy atom. The van der Waals surface area contributed by atoms with Crippen LogP contribution in [0.15, 0.2) is 145 Å². The molecule has 310 valence electrons. The van der Waals surface area contributed by atoms with Crippen LogP contribution in [0.2, 0.25) is 0 Å². The predicted molar refractivity (Wildman–Crippen MR) is 266 cm³/mol. The maximum absolute atomic E-state index is 4.78. The maximum Gasteiger partial charge on any atom is 0.0543 e. The third-order valence-electron chi connectivity index (χ3n) is 14.2. The molecular formula is C59H64N2. The zero-order valence-corrected chi connectivity index (χ0v) is 37.7. The number of nitrogens with zero attached hydrogens (tertiary/aromatic N) is 2. The minimum atomic E-state index is 0.315. The lowest BCUT2D eigenvalue weighted by atomic mass is 9.84. The van der Waals surface area contributed by atoms with Gasteiger partial charge in [-0.15, -0.1) is 0 Å². The van der Waals surface area contributed by atoms with Crippen molar-refractivity contribution >= 4 is 60.8 Å². The Balaban J connectivity index is 1.31. The molecule has 0 amide bonds. The molecule has 0 aromatic heterocycles. The van der Waals surface area contributed by atoms with E-state index >= 15 is 0 Å². The van der Waals surface area contributed by atoms with Crippen LogP contribution in [0.1, 0.15) is 144 Å². The normalized spacial score (nSPS) is 15.5. The van der Waals surface area contributed by atoms with Crippen molar-refractivity contribution in [2.75, 3.05) is 9.80 Å². The van der Waals surface area contributed by atoms with Gasteiger partial charge in [-0.2, -0.15) is 0 Å². The molecule has 0 radical (unpaired) electrons. The van der Waals surface area contributed by atoms with Gasteiger partial charge in [0.2, 0.25) is 0 Å². The second kappa shape index (κ2) is 17.0. The molecular weight excluding hydrogens is 737 g/mol. The summed E-state index contributed by atoms with van der Waals surface area (Å²) in [6.07, 6.45) is 17.1. The Bertz CT molecular complexity index is 2730. The van der Waals surface area contributed by atoms with Gasteiger partial charge in [-0.3, -0.25) is 0 Å². The van der Waals surface area contributed by atoms with Crippen LogP contribution in [0.25, 0.3) is 32.3 Å². The lowest BCUT2D eigenvalue weighted by Gasteiger charge is -2.32. The summed E-state index contributed by atoms with van der Waals surface area (Å²) in [6.45, 7) is 20.6. The number of aryl methyl sites for hydroxylation is 1. The van der Waals surface area contributed by atoms with Crippen LogP contribution in [-0.4, -0.2) is 0 Å². The average molecular weight is 801 g/mol. The molecule has 2 fully saturated rings. The molecule has 7 aromatic rings. The first-order chi connectivity index (χ1) is 29.6. The second-order valence-corrected chi connectivity index (χ2v) is 18.9. The molecule has 2 aliphatic rings. The van der Waals surface area contributed by atoms with Gasteiger partial charge in [-0.25, -0.2) is 0 Å². The van der Waals surface area contributed by atoms with Gasteiger partial charge < -0.3 is 9.80 Å². The molecule has 0 unspecified atom stereocenters. The molecule has 9 rings (SSSR count). The summed E-state index contributed by atoms with van der Waals surface area (Å²) in [5.74, 6) is 1.98. The summed E-state index contributed by atoms with van der Waals surface area (Å²) in [7, 11) is 0. The smallest absolute Gasteiger partial charge is 0.0543 e. The van der Waals surface area contributed by atoms with Crippen molar-refractivity contribution in [3.8, 4) is 0 Å². The molecule has 0 bridgehead atoms. The van der Waals surface area contributed by atoms with E-state index in [1.54, 1.807) is 0 Å². The Hall–Kier alpha value is -5.60. The number of rotatable bonds is 12. The van der Waals surface area contributed by atoms with E-state index in [0.717, 1.165) is 11.4 Å². The van der Waals surface area contributed by atoms with Crippen LogP contribution in [-0.2, 0) is 0 Å². The summed E-state index contributed by atoms with van der Waals surface area (Å²) in [4.78, 5) is 4.94. The first kappa shape index (κ1) is 40.8. The average Bonchev–Trinajstić information content (AvgIpc) is 4.03. The summed E-state index contributed by atoms with van der Waals surface area (Å²) < 4.78 is 0. The first-order valence-corrected chi connectivity index (χ1v) is 23.3. The predicted octanol–water partition coefficient (Wildman–Crippen LogP) is 18.1. The number of benzene rings is 7. The molecule has 2 heteroatoms. The summed E-state index contributed by atoms with van der Waals surface area (Å²) in [6, 6.07) is 42.7. The number of hydrogen-bond donors (Lipinski definition) is 0. The van der Waals surface area contributed by atoms with Crippen molar-refractivity contribution in [1.82, 2.24) is 0 Å². The Morgan fingerprint density at radius 2 is 0.984 bits per heavy atom. The fourth-order valence-corrected chi connectivity index (χ4v) is 10.6. The van der Waals surface area contributed by atoms with Crippen LogP contribution >= 0.6 is 0 Å². The lowest BCUT2D eigenvalue weighted by molar-refractivity contribution is 0.723. The molecule has 2 aliphatic carbocycles.